The Morgan fingerprint density at radius 2 is 0.573 bits per heavy atom. The van der Waals surface area contributed by atoms with Crippen LogP contribution in [0.1, 0.15) is 350 Å². The predicted molar refractivity (Wildman–Crippen MR) is 358 cm³/mol. The Morgan fingerprint density at radius 3 is 0.854 bits per heavy atom. The number of hydrogen-bond acceptors (Lipinski definition) is 15. The van der Waals surface area contributed by atoms with Crippen molar-refractivity contribution in [1.29, 1.82) is 0 Å². The van der Waals surface area contributed by atoms with Crippen LogP contribution in [0.5, 0.6) is 0 Å². The molecule has 19 heteroatoms. The minimum absolute atomic E-state index is 0.101. The monoisotopic (exact) mass is 1310 g/mol. The van der Waals surface area contributed by atoms with Gasteiger partial charge < -0.3 is 33.8 Å². The lowest BCUT2D eigenvalue weighted by molar-refractivity contribution is -0.161. The van der Waals surface area contributed by atoms with Crippen molar-refractivity contribution in [3.63, 3.8) is 0 Å². The van der Waals surface area contributed by atoms with Gasteiger partial charge >= 0.3 is 39.5 Å². The van der Waals surface area contributed by atoms with Crippen molar-refractivity contribution in [2.45, 2.75) is 369 Å². The molecule has 0 aliphatic rings. The van der Waals surface area contributed by atoms with E-state index in [2.05, 4.69) is 48.5 Å². The Morgan fingerprint density at radius 1 is 0.326 bits per heavy atom. The average Bonchev–Trinajstić information content (AvgIpc) is 3.71. The zero-order valence-electron chi connectivity index (χ0n) is 57.9. The van der Waals surface area contributed by atoms with E-state index in [4.69, 9.17) is 37.0 Å². The SMILES string of the molecule is CCCCCCCCCC(=O)OC[C@H](COP(=O)(O)OC[C@H](O)COP(=O)(O)OC[C@@H](COC(=O)CCCCCCCCCCC(C)CC)OC(=O)CCCCCCCCCCCCCCCCCCCCC(C)C)OC(=O)CCCCCCCCC(C)C. The number of carbonyl (C=O) groups is 4. The Bertz CT molecular complexity index is 1750. The summed E-state index contributed by atoms with van der Waals surface area (Å²) in [5.74, 6) is 0.131. The van der Waals surface area contributed by atoms with Gasteiger partial charge in [-0.15, -0.1) is 0 Å². The van der Waals surface area contributed by atoms with Gasteiger partial charge in [0, 0.05) is 25.7 Å². The molecule has 0 heterocycles. The van der Waals surface area contributed by atoms with Crippen LogP contribution in [0.2, 0.25) is 0 Å². The minimum atomic E-state index is -4.95. The lowest BCUT2D eigenvalue weighted by Crippen LogP contribution is -2.30. The Hall–Kier alpha value is -1.94. The Balaban J connectivity index is 5.14. The number of esters is 4. The number of phosphoric ester groups is 2. The highest BCUT2D eigenvalue weighted by molar-refractivity contribution is 7.47. The van der Waals surface area contributed by atoms with Gasteiger partial charge in [0.05, 0.1) is 26.4 Å². The van der Waals surface area contributed by atoms with Crippen molar-refractivity contribution in [3.8, 4) is 0 Å². The van der Waals surface area contributed by atoms with Crippen LogP contribution in [0.4, 0.5) is 0 Å². The van der Waals surface area contributed by atoms with Gasteiger partial charge in [0.1, 0.15) is 19.3 Å². The second-order valence-corrected chi connectivity index (χ2v) is 29.4. The molecule has 17 nitrogen and oxygen atoms in total. The van der Waals surface area contributed by atoms with Crippen molar-refractivity contribution in [2.75, 3.05) is 39.6 Å². The molecule has 0 aromatic rings. The van der Waals surface area contributed by atoms with E-state index in [0.29, 0.717) is 31.6 Å². The van der Waals surface area contributed by atoms with Crippen LogP contribution >= 0.6 is 15.6 Å². The van der Waals surface area contributed by atoms with Gasteiger partial charge in [0.2, 0.25) is 0 Å². The largest absolute Gasteiger partial charge is 0.472 e. The first-order chi connectivity index (χ1) is 42.8. The fraction of sp³-hybridized carbons (Fsp3) is 0.943. The summed E-state index contributed by atoms with van der Waals surface area (Å²) in [6, 6.07) is 0. The molecule has 0 rings (SSSR count). The summed E-state index contributed by atoms with van der Waals surface area (Å²) in [6.07, 6.45) is 44.9. The zero-order valence-corrected chi connectivity index (χ0v) is 59.7. The minimum Gasteiger partial charge on any atom is -0.462 e. The van der Waals surface area contributed by atoms with Gasteiger partial charge in [-0.1, -0.05) is 299 Å². The van der Waals surface area contributed by atoms with Crippen molar-refractivity contribution in [2.24, 2.45) is 17.8 Å². The molecule has 0 spiro atoms. The number of aliphatic hydroxyl groups excluding tert-OH is 1. The molecule has 0 bridgehead atoms. The molecule has 0 aromatic carbocycles. The molecule has 0 aliphatic heterocycles. The van der Waals surface area contributed by atoms with Crippen LogP contribution < -0.4 is 0 Å². The van der Waals surface area contributed by atoms with Gasteiger partial charge in [0.25, 0.3) is 0 Å². The van der Waals surface area contributed by atoms with Crippen LogP contribution in [-0.4, -0.2) is 96.7 Å². The predicted octanol–water partition coefficient (Wildman–Crippen LogP) is 19.8. The third-order valence-corrected chi connectivity index (χ3v) is 18.4. The van der Waals surface area contributed by atoms with E-state index in [1.165, 1.54) is 148 Å². The quantitative estimate of drug-likeness (QED) is 0.0222. The molecular formula is C70H136O17P2. The highest BCUT2D eigenvalue weighted by atomic mass is 31.2. The van der Waals surface area contributed by atoms with E-state index in [0.717, 1.165) is 115 Å². The van der Waals surface area contributed by atoms with Gasteiger partial charge in [-0.2, -0.15) is 0 Å². The summed E-state index contributed by atoms with van der Waals surface area (Å²) < 4.78 is 68.1. The fourth-order valence-corrected chi connectivity index (χ4v) is 12.1. The van der Waals surface area contributed by atoms with Crippen LogP contribution in [0.3, 0.4) is 0 Å². The van der Waals surface area contributed by atoms with E-state index in [1.807, 2.05) is 0 Å². The number of aliphatic hydroxyl groups is 1. The molecule has 0 radical (unpaired) electrons. The Kier molecular flexibility index (Phi) is 59.6. The molecule has 0 saturated heterocycles. The lowest BCUT2D eigenvalue weighted by atomic mass is 9.99. The lowest BCUT2D eigenvalue weighted by Gasteiger charge is -2.21. The average molecular weight is 1310 g/mol. The smallest absolute Gasteiger partial charge is 0.462 e. The standard InChI is InChI=1S/C70H136O17P2/c1-8-10-11-12-27-37-44-51-67(72)80-57-66(87-70(75)54-47-40-33-32-35-42-49-62(5)6)60-85-89(78,79)83-56-64(71)55-82-88(76,77)84-59-65(58-81-68(73)52-45-38-30-26-25-29-36-43-50-63(7)9-2)86-69(74)53-46-39-31-24-22-20-18-16-14-13-15-17-19-21-23-28-34-41-48-61(3)4/h61-66,71H,8-60H2,1-7H3,(H,76,77)(H,78,79)/t63?,64-,65-,66-/m1/s1. The molecule has 0 fully saturated rings. The number of rotatable bonds is 68. The van der Waals surface area contributed by atoms with E-state index in [-0.39, 0.29) is 25.7 Å². The zero-order chi connectivity index (χ0) is 65.9. The molecular weight excluding hydrogens is 1170 g/mol. The van der Waals surface area contributed by atoms with Gasteiger partial charge in [-0.3, -0.25) is 37.3 Å². The van der Waals surface area contributed by atoms with Crippen LogP contribution in [0.25, 0.3) is 0 Å². The summed E-state index contributed by atoms with van der Waals surface area (Å²) in [4.78, 5) is 72.3. The van der Waals surface area contributed by atoms with Gasteiger partial charge in [0.15, 0.2) is 12.2 Å². The number of hydrogen-bond donors (Lipinski definition) is 3. The van der Waals surface area contributed by atoms with E-state index >= 15 is 0 Å². The van der Waals surface area contributed by atoms with E-state index in [9.17, 15) is 43.2 Å². The Labute approximate surface area is 543 Å². The van der Waals surface area contributed by atoms with Gasteiger partial charge in [-0.25, -0.2) is 9.13 Å². The first-order valence-electron chi connectivity index (χ1n) is 36.4. The molecule has 89 heavy (non-hydrogen) atoms. The maximum absolute atomic E-state index is 13.0. The topological polar surface area (TPSA) is 237 Å². The van der Waals surface area contributed by atoms with Crippen LogP contribution in [-0.2, 0) is 65.4 Å². The molecule has 0 saturated carbocycles. The third-order valence-electron chi connectivity index (χ3n) is 16.5. The summed E-state index contributed by atoms with van der Waals surface area (Å²) in [6.45, 7) is 11.7. The molecule has 6 atom stereocenters. The number of unbranched alkanes of at least 4 members (excludes halogenated alkanes) is 35. The number of carbonyl (C=O) groups excluding carboxylic acids is 4. The summed E-state index contributed by atoms with van der Waals surface area (Å²) in [5, 5.41) is 10.6. The number of ether oxygens (including phenoxy) is 4. The van der Waals surface area contributed by atoms with Crippen LogP contribution in [0, 0.1) is 17.8 Å². The molecule has 3 unspecified atom stereocenters. The maximum Gasteiger partial charge on any atom is 0.472 e. The highest BCUT2D eigenvalue weighted by Crippen LogP contribution is 2.45. The van der Waals surface area contributed by atoms with Gasteiger partial charge in [-0.05, 0) is 43.4 Å². The van der Waals surface area contributed by atoms with E-state index in [1.54, 1.807) is 0 Å². The molecule has 0 aromatic heterocycles. The van der Waals surface area contributed by atoms with Crippen LogP contribution in [0.15, 0.2) is 0 Å². The fourth-order valence-electron chi connectivity index (χ4n) is 10.5. The van der Waals surface area contributed by atoms with E-state index < -0.39 is 97.5 Å². The first kappa shape index (κ1) is 87.1. The summed E-state index contributed by atoms with van der Waals surface area (Å²) in [7, 11) is -9.89. The molecule has 528 valence electrons. The maximum atomic E-state index is 13.0. The van der Waals surface area contributed by atoms with Crippen molar-refractivity contribution < 1.29 is 80.2 Å². The second-order valence-electron chi connectivity index (χ2n) is 26.5. The summed E-state index contributed by atoms with van der Waals surface area (Å²) >= 11 is 0. The van der Waals surface area contributed by atoms with Crippen molar-refractivity contribution >= 4 is 39.5 Å². The highest BCUT2D eigenvalue weighted by Gasteiger charge is 2.30. The summed E-state index contributed by atoms with van der Waals surface area (Å²) in [5.41, 5.74) is 0. The molecule has 0 amide bonds. The molecule has 3 N–H and O–H groups in total. The first-order valence-corrected chi connectivity index (χ1v) is 39.4. The number of phosphoric acid groups is 2. The third kappa shape index (κ3) is 63.2. The van der Waals surface area contributed by atoms with Crippen molar-refractivity contribution in [3.05, 3.63) is 0 Å². The van der Waals surface area contributed by atoms with Crippen molar-refractivity contribution in [1.82, 2.24) is 0 Å². The normalized spacial score (nSPS) is 14.5. The second kappa shape index (κ2) is 61.0. The molecule has 0 aliphatic carbocycles.